The standard InChI is InChI=1S/C18H20FN3O2/c1-9-8-11(6-7-14(9)19)16-21-18(24-22-16)10(2)20-17(23)15-12-4-3-5-13(12)15/h6-8,10,12-13,15H,3-5H2,1-2H3,(H,20,23)/t10-,12-,13+,15?/m1/s1. The second-order valence-corrected chi connectivity index (χ2v) is 6.93. The highest BCUT2D eigenvalue weighted by Crippen LogP contribution is 2.57. The highest BCUT2D eigenvalue weighted by Gasteiger charge is 2.56. The summed E-state index contributed by atoms with van der Waals surface area (Å²) >= 11 is 0. The van der Waals surface area contributed by atoms with Crippen LogP contribution in [0, 0.1) is 30.5 Å². The molecule has 1 aromatic heterocycles. The van der Waals surface area contributed by atoms with Crippen molar-refractivity contribution in [1.82, 2.24) is 15.5 Å². The molecule has 2 saturated carbocycles. The predicted octanol–water partition coefficient (Wildman–Crippen LogP) is 3.41. The van der Waals surface area contributed by atoms with Crippen LogP contribution in [0.4, 0.5) is 4.39 Å². The summed E-state index contributed by atoms with van der Waals surface area (Å²) < 4.78 is 18.6. The van der Waals surface area contributed by atoms with Crippen LogP contribution in [0.5, 0.6) is 0 Å². The van der Waals surface area contributed by atoms with Crippen LogP contribution in [0.15, 0.2) is 22.7 Å². The number of hydrogen-bond acceptors (Lipinski definition) is 4. The first kappa shape index (κ1) is 15.3. The molecule has 1 N–H and O–H groups in total. The van der Waals surface area contributed by atoms with E-state index in [9.17, 15) is 9.18 Å². The Morgan fingerprint density at radius 2 is 2.12 bits per heavy atom. The summed E-state index contributed by atoms with van der Waals surface area (Å²) in [7, 11) is 0. The van der Waals surface area contributed by atoms with Crippen LogP contribution in [-0.4, -0.2) is 16.0 Å². The molecule has 1 heterocycles. The van der Waals surface area contributed by atoms with Crippen molar-refractivity contribution in [2.45, 2.75) is 39.2 Å². The Balaban J connectivity index is 1.44. The van der Waals surface area contributed by atoms with Crippen molar-refractivity contribution in [2.75, 3.05) is 0 Å². The number of hydrogen-bond donors (Lipinski definition) is 1. The van der Waals surface area contributed by atoms with Crippen molar-refractivity contribution in [3.05, 3.63) is 35.5 Å². The Kier molecular flexibility index (Phi) is 3.62. The zero-order valence-electron chi connectivity index (χ0n) is 13.8. The molecule has 5 nitrogen and oxygen atoms in total. The maximum Gasteiger partial charge on any atom is 0.249 e. The van der Waals surface area contributed by atoms with Crippen molar-refractivity contribution in [2.24, 2.45) is 17.8 Å². The van der Waals surface area contributed by atoms with Gasteiger partial charge < -0.3 is 9.84 Å². The molecule has 2 fully saturated rings. The lowest BCUT2D eigenvalue weighted by molar-refractivity contribution is -0.123. The number of halogens is 1. The van der Waals surface area contributed by atoms with Gasteiger partial charge in [0.25, 0.3) is 0 Å². The van der Waals surface area contributed by atoms with Crippen LogP contribution in [0.3, 0.4) is 0 Å². The number of benzene rings is 1. The lowest BCUT2D eigenvalue weighted by Crippen LogP contribution is -2.29. The van der Waals surface area contributed by atoms with E-state index in [2.05, 4.69) is 15.5 Å². The summed E-state index contributed by atoms with van der Waals surface area (Å²) in [6.07, 6.45) is 3.59. The Hall–Kier alpha value is -2.24. The Morgan fingerprint density at radius 1 is 1.38 bits per heavy atom. The molecule has 6 heteroatoms. The van der Waals surface area contributed by atoms with Gasteiger partial charge in [-0.1, -0.05) is 11.6 Å². The second-order valence-electron chi connectivity index (χ2n) is 6.93. The van der Waals surface area contributed by atoms with Crippen LogP contribution < -0.4 is 5.32 Å². The topological polar surface area (TPSA) is 68.0 Å². The number of nitrogens with one attached hydrogen (secondary N) is 1. The van der Waals surface area contributed by atoms with Gasteiger partial charge in [0.1, 0.15) is 11.9 Å². The fourth-order valence-corrected chi connectivity index (χ4v) is 3.89. The van der Waals surface area contributed by atoms with Gasteiger partial charge in [-0.15, -0.1) is 0 Å². The summed E-state index contributed by atoms with van der Waals surface area (Å²) in [6, 6.07) is 4.35. The average molecular weight is 329 g/mol. The molecule has 0 saturated heterocycles. The van der Waals surface area contributed by atoms with Crippen molar-refractivity contribution in [3.63, 3.8) is 0 Å². The zero-order chi connectivity index (χ0) is 16.8. The molecule has 0 radical (unpaired) electrons. The fourth-order valence-electron chi connectivity index (χ4n) is 3.89. The van der Waals surface area contributed by atoms with E-state index in [1.165, 1.54) is 25.3 Å². The molecule has 1 amide bonds. The van der Waals surface area contributed by atoms with Crippen LogP contribution in [0.1, 0.15) is 43.7 Å². The van der Waals surface area contributed by atoms with Crippen LogP contribution in [0.2, 0.25) is 0 Å². The summed E-state index contributed by atoms with van der Waals surface area (Å²) in [5, 5.41) is 6.92. The molecule has 4 atom stereocenters. The molecule has 1 unspecified atom stereocenters. The largest absolute Gasteiger partial charge is 0.344 e. The molecular weight excluding hydrogens is 309 g/mol. The fraction of sp³-hybridized carbons (Fsp3) is 0.500. The molecule has 2 aliphatic carbocycles. The van der Waals surface area contributed by atoms with Gasteiger partial charge in [-0.3, -0.25) is 4.79 Å². The first-order chi connectivity index (χ1) is 11.5. The second kappa shape index (κ2) is 5.69. The predicted molar refractivity (Wildman–Crippen MR) is 85.3 cm³/mol. The van der Waals surface area contributed by atoms with E-state index in [4.69, 9.17) is 4.52 Å². The van der Waals surface area contributed by atoms with E-state index < -0.39 is 0 Å². The van der Waals surface area contributed by atoms with E-state index in [1.807, 2.05) is 6.92 Å². The highest BCUT2D eigenvalue weighted by atomic mass is 19.1. The number of carbonyl (C=O) groups is 1. The molecule has 1 aromatic carbocycles. The Morgan fingerprint density at radius 3 is 2.83 bits per heavy atom. The molecule has 24 heavy (non-hydrogen) atoms. The van der Waals surface area contributed by atoms with Gasteiger partial charge in [0.15, 0.2) is 0 Å². The monoisotopic (exact) mass is 329 g/mol. The van der Waals surface area contributed by atoms with E-state index >= 15 is 0 Å². The molecule has 0 spiro atoms. The first-order valence-electron chi connectivity index (χ1n) is 8.45. The van der Waals surface area contributed by atoms with Gasteiger partial charge in [0.2, 0.25) is 17.6 Å². The summed E-state index contributed by atoms with van der Waals surface area (Å²) in [6.45, 7) is 3.53. The van der Waals surface area contributed by atoms with E-state index in [1.54, 1.807) is 19.1 Å². The number of aryl methyl sites for hydroxylation is 1. The number of nitrogens with zero attached hydrogens (tertiary/aromatic N) is 2. The Bertz CT molecular complexity index is 778. The minimum Gasteiger partial charge on any atom is -0.344 e. The lowest BCUT2D eigenvalue weighted by atomic mass is 10.1. The highest BCUT2D eigenvalue weighted by molar-refractivity contribution is 5.82. The number of carbonyl (C=O) groups excluding carboxylic acids is 1. The molecule has 0 bridgehead atoms. The third-order valence-electron chi connectivity index (χ3n) is 5.30. The van der Waals surface area contributed by atoms with E-state index in [0.717, 1.165) is 0 Å². The molecular formula is C18H20FN3O2. The third-order valence-corrected chi connectivity index (χ3v) is 5.30. The lowest BCUT2D eigenvalue weighted by Gasteiger charge is -2.10. The summed E-state index contributed by atoms with van der Waals surface area (Å²) in [5.41, 5.74) is 1.22. The number of rotatable bonds is 4. The smallest absolute Gasteiger partial charge is 0.249 e. The number of amides is 1. The maximum absolute atomic E-state index is 13.4. The van der Waals surface area contributed by atoms with Gasteiger partial charge in [-0.25, -0.2) is 4.39 Å². The van der Waals surface area contributed by atoms with Crippen molar-refractivity contribution >= 4 is 5.91 Å². The van der Waals surface area contributed by atoms with Crippen molar-refractivity contribution < 1.29 is 13.7 Å². The van der Waals surface area contributed by atoms with Crippen LogP contribution in [0.25, 0.3) is 11.4 Å². The van der Waals surface area contributed by atoms with Crippen molar-refractivity contribution in [3.8, 4) is 11.4 Å². The average Bonchev–Trinajstić information content (AvgIpc) is 2.96. The molecule has 0 aliphatic heterocycles. The van der Waals surface area contributed by atoms with Crippen LogP contribution >= 0.6 is 0 Å². The molecule has 4 rings (SSSR count). The van der Waals surface area contributed by atoms with Crippen LogP contribution in [-0.2, 0) is 4.79 Å². The molecule has 2 aliphatic rings. The van der Waals surface area contributed by atoms with Gasteiger partial charge in [-0.2, -0.15) is 4.98 Å². The van der Waals surface area contributed by atoms with Gasteiger partial charge in [0, 0.05) is 11.5 Å². The maximum atomic E-state index is 13.4. The minimum atomic E-state index is -0.332. The number of aromatic nitrogens is 2. The number of fused-ring (bicyclic) bond motifs is 1. The minimum absolute atomic E-state index is 0.0922. The quantitative estimate of drug-likeness (QED) is 0.933. The third kappa shape index (κ3) is 2.60. The van der Waals surface area contributed by atoms with Gasteiger partial charge in [-0.05, 0) is 62.3 Å². The van der Waals surface area contributed by atoms with E-state index in [0.29, 0.717) is 34.7 Å². The summed E-state index contributed by atoms with van der Waals surface area (Å²) in [4.78, 5) is 16.7. The molecule has 2 aromatic rings. The Labute approximate surface area is 139 Å². The van der Waals surface area contributed by atoms with E-state index in [-0.39, 0.29) is 23.7 Å². The summed E-state index contributed by atoms with van der Waals surface area (Å²) in [5.74, 6) is 1.93. The normalized spacial score (nSPS) is 26.0. The molecule has 126 valence electrons. The SMILES string of the molecule is Cc1cc(-c2noc([C@@H](C)NC(=O)C3[C@H]4CCC[C@@H]34)n2)ccc1F. The zero-order valence-corrected chi connectivity index (χ0v) is 13.8. The van der Waals surface area contributed by atoms with Gasteiger partial charge >= 0.3 is 0 Å². The first-order valence-corrected chi connectivity index (χ1v) is 8.45. The van der Waals surface area contributed by atoms with Gasteiger partial charge in [0.05, 0.1) is 0 Å². The van der Waals surface area contributed by atoms with Crippen molar-refractivity contribution in [1.29, 1.82) is 0 Å².